The third-order valence-electron chi connectivity index (χ3n) is 5.11. The zero-order valence-corrected chi connectivity index (χ0v) is 19.1. The lowest BCUT2D eigenvalue weighted by Gasteiger charge is -2.34. The number of piperidine rings is 1. The number of nitrogens with zero attached hydrogens (tertiary/aromatic N) is 1. The first-order chi connectivity index (χ1) is 14.1. The molecule has 30 heavy (non-hydrogen) atoms. The summed E-state index contributed by atoms with van der Waals surface area (Å²) in [5, 5.41) is 5.39. The van der Waals surface area contributed by atoms with Crippen molar-refractivity contribution in [1.82, 2.24) is 14.9 Å². The van der Waals surface area contributed by atoms with Gasteiger partial charge in [-0.25, -0.2) is 8.42 Å². The molecule has 0 aliphatic carbocycles. The Bertz CT molecular complexity index is 816. The standard InChI is InChI=1S/C21H34N4O4S/c1-15-12-16(2)14-25(13-15)11-5-10-22-21(27)17(3)24-30(28,29)20-8-6-19(7-9-20)23-18(4)26/h6-9,15-17,24H,5,10-14H2,1-4H3,(H,22,27)(H,23,26)/t15?,16?,17-/m0/s1. The van der Waals surface area contributed by atoms with E-state index in [0.717, 1.165) is 26.1 Å². The fourth-order valence-electron chi connectivity index (χ4n) is 3.92. The van der Waals surface area contributed by atoms with E-state index >= 15 is 0 Å². The molecule has 0 aromatic heterocycles. The second kappa shape index (κ2) is 10.9. The summed E-state index contributed by atoms with van der Waals surface area (Å²) in [7, 11) is -3.84. The molecule has 0 spiro atoms. The summed E-state index contributed by atoms with van der Waals surface area (Å²) in [5.74, 6) is 0.808. The lowest BCUT2D eigenvalue weighted by Crippen LogP contribution is -2.45. The molecule has 0 bridgehead atoms. The van der Waals surface area contributed by atoms with Crippen LogP contribution in [0.1, 0.15) is 40.5 Å². The van der Waals surface area contributed by atoms with Gasteiger partial charge in [-0.15, -0.1) is 0 Å². The van der Waals surface area contributed by atoms with Gasteiger partial charge in [-0.2, -0.15) is 4.72 Å². The van der Waals surface area contributed by atoms with E-state index in [1.807, 2.05) is 0 Å². The molecule has 9 heteroatoms. The third kappa shape index (κ3) is 7.70. The van der Waals surface area contributed by atoms with E-state index in [-0.39, 0.29) is 16.7 Å². The van der Waals surface area contributed by atoms with Crippen molar-refractivity contribution in [2.75, 3.05) is 31.5 Å². The molecule has 0 saturated carbocycles. The number of amides is 2. The normalized spacial score (nSPS) is 21.1. The van der Waals surface area contributed by atoms with Crippen molar-refractivity contribution in [3.05, 3.63) is 24.3 Å². The second-order valence-corrected chi connectivity index (χ2v) is 10.1. The van der Waals surface area contributed by atoms with Gasteiger partial charge in [0.2, 0.25) is 21.8 Å². The second-order valence-electron chi connectivity index (χ2n) is 8.40. The Balaban J connectivity index is 1.78. The molecule has 1 aliphatic rings. The van der Waals surface area contributed by atoms with Crippen LogP contribution in [0, 0.1) is 11.8 Å². The molecule has 2 unspecified atom stereocenters. The van der Waals surface area contributed by atoms with Gasteiger partial charge in [0.15, 0.2) is 0 Å². The highest BCUT2D eigenvalue weighted by atomic mass is 32.2. The zero-order valence-electron chi connectivity index (χ0n) is 18.3. The van der Waals surface area contributed by atoms with Gasteiger partial charge in [0.05, 0.1) is 10.9 Å². The predicted octanol–water partition coefficient (Wildman–Crippen LogP) is 1.80. The largest absolute Gasteiger partial charge is 0.355 e. The maximum absolute atomic E-state index is 12.5. The summed E-state index contributed by atoms with van der Waals surface area (Å²) >= 11 is 0. The highest BCUT2D eigenvalue weighted by Gasteiger charge is 2.23. The molecule has 2 amide bonds. The molecule has 1 heterocycles. The van der Waals surface area contributed by atoms with Crippen molar-refractivity contribution >= 4 is 27.5 Å². The summed E-state index contributed by atoms with van der Waals surface area (Å²) in [5.41, 5.74) is 0.504. The molecule has 1 aromatic carbocycles. The van der Waals surface area contributed by atoms with Crippen LogP contribution in [0.3, 0.4) is 0 Å². The number of hydrogen-bond acceptors (Lipinski definition) is 5. The Kier molecular flexibility index (Phi) is 8.81. The summed E-state index contributed by atoms with van der Waals surface area (Å²) in [6.07, 6.45) is 2.09. The number of nitrogens with one attached hydrogen (secondary N) is 3. The maximum Gasteiger partial charge on any atom is 0.241 e. The lowest BCUT2D eigenvalue weighted by molar-refractivity contribution is -0.122. The number of anilines is 1. The first-order valence-corrected chi connectivity index (χ1v) is 11.9. The van der Waals surface area contributed by atoms with Gasteiger partial charge < -0.3 is 15.5 Å². The molecule has 2 rings (SSSR count). The Morgan fingerprint density at radius 2 is 1.73 bits per heavy atom. The Labute approximate surface area is 179 Å². The number of rotatable bonds is 9. The Morgan fingerprint density at radius 1 is 1.13 bits per heavy atom. The number of sulfonamides is 1. The average molecular weight is 439 g/mol. The summed E-state index contributed by atoms with van der Waals surface area (Å²) in [6.45, 7) is 11.1. The molecule has 1 aromatic rings. The SMILES string of the molecule is CC(=O)Nc1ccc(S(=O)(=O)N[C@@H](C)C(=O)NCCCN2CC(C)CC(C)C2)cc1. The molecule has 1 fully saturated rings. The van der Waals surface area contributed by atoms with E-state index in [0.29, 0.717) is 24.1 Å². The van der Waals surface area contributed by atoms with Gasteiger partial charge in [0.1, 0.15) is 0 Å². The quantitative estimate of drug-likeness (QED) is 0.510. The van der Waals surface area contributed by atoms with Crippen molar-refractivity contribution in [2.45, 2.75) is 51.5 Å². The third-order valence-corrected chi connectivity index (χ3v) is 6.66. The monoisotopic (exact) mass is 438 g/mol. The number of likely N-dealkylation sites (tertiary alicyclic amines) is 1. The first kappa shape index (κ1) is 24.3. The van der Waals surface area contributed by atoms with Crippen molar-refractivity contribution in [3.63, 3.8) is 0 Å². The van der Waals surface area contributed by atoms with Crippen molar-refractivity contribution in [1.29, 1.82) is 0 Å². The number of benzene rings is 1. The van der Waals surface area contributed by atoms with E-state index < -0.39 is 16.1 Å². The molecule has 3 atom stereocenters. The van der Waals surface area contributed by atoms with Crippen molar-refractivity contribution in [3.8, 4) is 0 Å². The molecule has 3 N–H and O–H groups in total. The number of carbonyl (C=O) groups excluding carboxylic acids is 2. The van der Waals surface area contributed by atoms with Crippen LogP contribution in [0.5, 0.6) is 0 Å². The van der Waals surface area contributed by atoms with Gasteiger partial charge in [-0.3, -0.25) is 9.59 Å². The molecule has 0 radical (unpaired) electrons. The summed E-state index contributed by atoms with van der Waals surface area (Å²) < 4.78 is 27.4. The van der Waals surface area contributed by atoms with Crippen LogP contribution >= 0.6 is 0 Å². The van der Waals surface area contributed by atoms with Crippen LogP contribution < -0.4 is 15.4 Å². The molecular weight excluding hydrogens is 404 g/mol. The molecule has 8 nitrogen and oxygen atoms in total. The molecular formula is C21H34N4O4S. The average Bonchev–Trinajstić information content (AvgIpc) is 2.64. The minimum atomic E-state index is -3.84. The van der Waals surface area contributed by atoms with E-state index in [2.05, 4.69) is 34.1 Å². The van der Waals surface area contributed by atoms with Crippen LogP contribution in [-0.2, 0) is 19.6 Å². The number of hydrogen-bond donors (Lipinski definition) is 3. The minimum Gasteiger partial charge on any atom is -0.355 e. The van der Waals surface area contributed by atoms with Gasteiger partial charge in [0, 0.05) is 32.2 Å². The van der Waals surface area contributed by atoms with E-state index in [9.17, 15) is 18.0 Å². The summed E-state index contributed by atoms with van der Waals surface area (Å²) in [6, 6.07) is 4.89. The van der Waals surface area contributed by atoms with Crippen LogP contribution in [0.4, 0.5) is 5.69 Å². The number of carbonyl (C=O) groups is 2. The molecule has 1 saturated heterocycles. The predicted molar refractivity (Wildman–Crippen MR) is 118 cm³/mol. The Hall–Kier alpha value is -1.97. The maximum atomic E-state index is 12.5. The fraction of sp³-hybridized carbons (Fsp3) is 0.619. The van der Waals surface area contributed by atoms with E-state index in [1.165, 1.54) is 44.5 Å². The lowest BCUT2D eigenvalue weighted by atomic mass is 9.92. The van der Waals surface area contributed by atoms with Crippen LogP contribution in [0.2, 0.25) is 0 Å². The van der Waals surface area contributed by atoms with Crippen LogP contribution in [0.15, 0.2) is 29.2 Å². The topological polar surface area (TPSA) is 108 Å². The molecule has 168 valence electrons. The zero-order chi connectivity index (χ0) is 22.3. The van der Waals surface area contributed by atoms with Crippen LogP contribution in [0.25, 0.3) is 0 Å². The van der Waals surface area contributed by atoms with Gasteiger partial charge in [-0.1, -0.05) is 13.8 Å². The van der Waals surface area contributed by atoms with Gasteiger partial charge >= 0.3 is 0 Å². The highest BCUT2D eigenvalue weighted by Crippen LogP contribution is 2.20. The Morgan fingerprint density at radius 3 is 2.30 bits per heavy atom. The van der Waals surface area contributed by atoms with Crippen molar-refractivity contribution in [2.24, 2.45) is 11.8 Å². The minimum absolute atomic E-state index is 0.0320. The fourth-order valence-corrected chi connectivity index (χ4v) is 5.12. The molecule has 1 aliphatic heterocycles. The highest BCUT2D eigenvalue weighted by molar-refractivity contribution is 7.89. The first-order valence-electron chi connectivity index (χ1n) is 10.5. The van der Waals surface area contributed by atoms with Gasteiger partial charge in [0.25, 0.3) is 0 Å². The summed E-state index contributed by atoms with van der Waals surface area (Å²) in [4.78, 5) is 25.8. The smallest absolute Gasteiger partial charge is 0.241 e. The van der Waals surface area contributed by atoms with Crippen molar-refractivity contribution < 1.29 is 18.0 Å². The van der Waals surface area contributed by atoms with E-state index in [1.54, 1.807) is 0 Å². The van der Waals surface area contributed by atoms with Gasteiger partial charge in [-0.05, 0) is 62.4 Å². The van der Waals surface area contributed by atoms with E-state index in [4.69, 9.17) is 0 Å². The van der Waals surface area contributed by atoms with Crippen LogP contribution in [-0.4, -0.2) is 57.4 Å².